The monoisotopic (exact) mass is 817 g/mol. The van der Waals surface area contributed by atoms with Crippen LogP contribution in [-0.4, -0.2) is 94.1 Å². The van der Waals surface area contributed by atoms with Crippen LogP contribution in [0.1, 0.15) is 150 Å². The van der Waals surface area contributed by atoms with Crippen LogP contribution in [0.4, 0.5) is 0 Å². The molecule has 0 aromatic heterocycles. The van der Waals surface area contributed by atoms with E-state index in [1.54, 1.807) is 0 Å². The molecule has 1 heterocycles. The average molecular weight is 818 g/mol. The highest BCUT2D eigenvalue weighted by molar-refractivity contribution is 7.47. The van der Waals surface area contributed by atoms with E-state index >= 15 is 0 Å². The minimum atomic E-state index is -5.14. The van der Waals surface area contributed by atoms with Crippen LogP contribution in [-0.2, 0) is 42.2 Å². The zero-order valence-corrected chi connectivity index (χ0v) is 35.2. The van der Waals surface area contributed by atoms with E-state index < -0.39 is 81.7 Å². The summed E-state index contributed by atoms with van der Waals surface area (Å²) in [5.74, 6) is -2.02. The van der Waals surface area contributed by atoms with Gasteiger partial charge in [0, 0.05) is 19.8 Å². The number of allylic oxidation sites excluding steroid dienone is 5. The van der Waals surface area contributed by atoms with E-state index in [4.69, 9.17) is 23.3 Å². The summed E-state index contributed by atoms with van der Waals surface area (Å²) < 4.78 is 40.1. The van der Waals surface area contributed by atoms with Gasteiger partial charge < -0.3 is 39.7 Å². The fourth-order valence-corrected chi connectivity index (χ4v) is 6.95. The molecule has 0 aromatic rings. The summed E-state index contributed by atoms with van der Waals surface area (Å²) in [6.45, 7) is 5.65. The van der Waals surface area contributed by atoms with E-state index in [2.05, 4.69) is 12.2 Å². The lowest BCUT2D eigenvalue weighted by Crippen LogP contribution is -2.61. The molecule has 0 bridgehead atoms. The van der Waals surface area contributed by atoms with E-state index in [-0.39, 0.29) is 12.8 Å². The minimum Gasteiger partial charge on any atom is -0.455 e. The Morgan fingerprint density at radius 1 is 0.821 bits per heavy atom. The molecule has 1 fully saturated rings. The number of ether oxygens (including phenoxy) is 3. The van der Waals surface area contributed by atoms with Gasteiger partial charge in [0.15, 0.2) is 12.2 Å². The molecule has 0 aliphatic carbocycles. The molecule has 14 nitrogen and oxygen atoms in total. The van der Waals surface area contributed by atoms with E-state index in [0.29, 0.717) is 25.7 Å². The zero-order chi connectivity index (χ0) is 41.6. The van der Waals surface area contributed by atoms with E-state index in [9.17, 15) is 39.2 Å². The fraction of sp³-hybridized carbons (Fsp3) is 0.780. The molecule has 0 aromatic carbocycles. The first-order chi connectivity index (χ1) is 26.9. The number of hydrogen-bond donors (Lipinski definition) is 5. The highest BCUT2D eigenvalue weighted by Gasteiger charge is 2.52. The van der Waals surface area contributed by atoms with Gasteiger partial charge in [-0.15, -0.1) is 0 Å². The summed E-state index contributed by atoms with van der Waals surface area (Å²) in [5.41, 5.74) is 0. The van der Waals surface area contributed by atoms with Crippen LogP contribution >= 0.6 is 7.82 Å². The number of phosphoric ester groups is 1. The molecule has 15 heteroatoms. The number of phosphoric acid groups is 1. The summed E-state index contributed by atoms with van der Waals surface area (Å²) in [5, 5.41) is 34.4. The van der Waals surface area contributed by atoms with Crippen LogP contribution in [0, 0.1) is 0 Å². The summed E-state index contributed by atoms with van der Waals surface area (Å²) in [7, 11) is -5.14. The Morgan fingerprint density at radius 3 is 2.04 bits per heavy atom. The van der Waals surface area contributed by atoms with E-state index in [1.165, 1.54) is 57.4 Å². The minimum absolute atomic E-state index is 0.0330. The molecule has 0 spiro atoms. The Labute approximate surface area is 335 Å². The van der Waals surface area contributed by atoms with Crippen LogP contribution in [0.25, 0.3) is 0 Å². The third-order valence-corrected chi connectivity index (χ3v) is 10.2. The van der Waals surface area contributed by atoms with Crippen molar-refractivity contribution in [3.05, 3.63) is 36.5 Å². The summed E-state index contributed by atoms with van der Waals surface area (Å²) in [6, 6.07) is -1.15. The number of rotatable bonds is 32. The van der Waals surface area contributed by atoms with Crippen LogP contribution in [0.15, 0.2) is 36.5 Å². The summed E-state index contributed by atoms with van der Waals surface area (Å²) >= 11 is 0. The maximum absolute atomic E-state index is 13.4. The SMILES string of the molecule is C/C=C/C=C/CCCC(=O)NC(COP(=O)(O)O[C@H]1O[C@H](CO)[C@@H](O)[C@@H](OC(C)=O)[C@H]1OC(=O)CCCCC)C(O)/C=C/CCCCCCCCCCCCC. The Hall–Kier alpha value is -2.42. The predicted molar refractivity (Wildman–Crippen MR) is 214 cm³/mol. The average Bonchev–Trinajstić information content (AvgIpc) is 3.15. The van der Waals surface area contributed by atoms with Gasteiger partial charge in [0.2, 0.25) is 12.2 Å². The molecule has 1 saturated heterocycles. The Balaban J connectivity index is 2.98. The molecule has 1 aliphatic rings. The van der Waals surface area contributed by atoms with Gasteiger partial charge in [-0.2, -0.15) is 0 Å². The Bertz CT molecular complexity index is 1210. The number of amides is 1. The van der Waals surface area contributed by atoms with Gasteiger partial charge in [0.05, 0.1) is 25.4 Å². The van der Waals surface area contributed by atoms with Gasteiger partial charge in [-0.1, -0.05) is 127 Å². The molecule has 0 saturated carbocycles. The van der Waals surface area contributed by atoms with Gasteiger partial charge >= 0.3 is 19.8 Å². The molecule has 8 atom stereocenters. The number of hydrogen-bond acceptors (Lipinski definition) is 12. The molecule has 324 valence electrons. The predicted octanol–water partition coefficient (Wildman–Crippen LogP) is 7.03. The van der Waals surface area contributed by atoms with Gasteiger partial charge in [-0.05, 0) is 39.0 Å². The van der Waals surface area contributed by atoms with Crippen molar-refractivity contribution >= 4 is 25.7 Å². The standard InChI is InChI=1S/C41H72NO13P/c1-5-8-11-13-15-16-17-18-19-20-21-22-25-27-34(45)33(42-36(46)28-26-23-14-12-9-6-2)31-51-56(49,50)55-41-40(54-37(47)29-24-10-7-3)39(52-32(4)44)38(48)35(30-43)53-41/h6,9,12,14,25,27,33-35,38-41,43,45,48H,5,7-8,10-11,13,15-24,26,28-31H2,1-4H3,(H,42,46)(H,49,50)/b9-6+,14-12+,27-25+/t33?,34?,35-,38-,39-,40-,41-/m1/s1. The maximum atomic E-state index is 13.4. The first-order valence-corrected chi connectivity index (χ1v) is 22.3. The van der Waals surface area contributed by atoms with Gasteiger partial charge in [0.25, 0.3) is 0 Å². The van der Waals surface area contributed by atoms with Gasteiger partial charge in [-0.25, -0.2) is 4.57 Å². The second-order valence-electron chi connectivity index (χ2n) is 14.3. The quantitative estimate of drug-likeness (QED) is 0.0152. The van der Waals surface area contributed by atoms with Crippen LogP contribution in [0.2, 0.25) is 0 Å². The molecule has 1 amide bonds. The Kier molecular flexibility index (Phi) is 29.1. The van der Waals surface area contributed by atoms with E-state index in [1.807, 2.05) is 44.2 Å². The number of esters is 2. The van der Waals surface area contributed by atoms with Gasteiger partial charge in [-0.3, -0.25) is 23.4 Å². The van der Waals surface area contributed by atoms with Gasteiger partial charge in [0.1, 0.15) is 12.2 Å². The molecule has 0 radical (unpaired) electrons. The number of aliphatic hydroxyl groups excluding tert-OH is 3. The van der Waals surface area contributed by atoms with Crippen molar-refractivity contribution in [2.75, 3.05) is 13.2 Å². The third kappa shape index (κ3) is 23.7. The van der Waals surface area contributed by atoms with Crippen LogP contribution in [0.3, 0.4) is 0 Å². The zero-order valence-electron chi connectivity index (χ0n) is 34.3. The van der Waals surface area contributed by atoms with Crippen molar-refractivity contribution in [3.8, 4) is 0 Å². The third-order valence-electron chi connectivity index (χ3n) is 9.29. The molecule has 1 aliphatic heterocycles. The summed E-state index contributed by atoms with van der Waals surface area (Å²) in [6.07, 6.45) is 18.5. The topological polar surface area (TPSA) is 207 Å². The van der Waals surface area contributed by atoms with Crippen molar-refractivity contribution in [1.82, 2.24) is 5.32 Å². The molecule has 3 unspecified atom stereocenters. The van der Waals surface area contributed by atoms with Crippen LogP contribution in [0.5, 0.6) is 0 Å². The lowest BCUT2D eigenvalue weighted by molar-refractivity contribution is -0.288. The molecule has 5 N–H and O–H groups in total. The van der Waals surface area contributed by atoms with Crippen molar-refractivity contribution < 1.29 is 62.4 Å². The normalized spacial score (nSPS) is 22.3. The highest BCUT2D eigenvalue weighted by atomic mass is 31.2. The molecular weight excluding hydrogens is 745 g/mol. The number of carbonyl (C=O) groups is 3. The molecule has 56 heavy (non-hydrogen) atoms. The second kappa shape index (κ2) is 31.6. The van der Waals surface area contributed by atoms with Crippen molar-refractivity contribution in [1.29, 1.82) is 0 Å². The van der Waals surface area contributed by atoms with Crippen molar-refractivity contribution in [2.24, 2.45) is 0 Å². The number of unbranched alkanes of at least 4 members (excludes halogenated alkanes) is 14. The smallest absolute Gasteiger partial charge is 0.455 e. The summed E-state index contributed by atoms with van der Waals surface area (Å²) in [4.78, 5) is 48.3. The molecule has 1 rings (SSSR count). The van der Waals surface area contributed by atoms with Crippen molar-refractivity contribution in [3.63, 3.8) is 0 Å². The second-order valence-corrected chi connectivity index (χ2v) is 15.7. The largest absolute Gasteiger partial charge is 0.474 e. The highest BCUT2D eigenvalue weighted by Crippen LogP contribution is 2.47. The molecular formula is C41H72NO13P. The first-order valence-electron chi connectivity index (χ1n) is 20.8. The van der Waals surface area contributed by atoms with Crippen LogP contribution < -0.4 is 5.32 Å². The maximum Gasteiger partial charge on any atom is 0.474 e. The lowest BCUT2D eigenvalue weighted by atomic mass is 9.98. The number of nitrogens with one attached hydrogen (secondary N) is 1. The number of aliphatic hydroxyl groups is 3. The Morgan fingerprint density at radius 2 is 1.43 bits per heavy atom. The fourth-order valence-electron chi connectivity index (χ4n) is 6.11. The first kappa shape index (κ1) is 51.6. The van der Waals surface area contributed by atoms with E-state index in [0.717, 1.165) is 39.0 Å². The van der Waals surface area contributed by atoms with Crippen molar-refractivity contribution in [2.45, 2.75) is 193 Å². The number of carbonyl (C=O) groups excluding carboxylic acids is 3. The lowest BCUT2D eigenvalue weighted by Gasteiger charge is -2.42.